The molecule has 1 aromatic heterocycles. The number of benzene rings is 2. The van der Waals surface area contributed by atoms with Crippen LogP contribution in [0.15, 0.2) is 61.1 Å². The van der Waals surface area contributed by atoms with E-state index in [4.69, 9.17) is 0 Å². The summed E-state index contributed by atoms with van der Waals surface area (Å²) in [5.74, 6) is 0.462. The van der Waals surface area contributed by atoms with Crippen LogP contribution in [0.25, 0.3) is 16.8 Å². The van der Waals surface area contributed by atoms with Gasteiger partial charge in [-0.1, -0.05) is 69.5 Å². The van der Waals surface area contributed by atoms with Crippen molar-refractivity contribution in [3.05, 3.63) is 72.3 Å². The third kappa shape index (κ3) is 5.14. The van der Waals surface area contributed by atoms with E-state index in [-0.39, 0.29) is 5.91 Å². The lowest BCUT2D eigenvalue weighted by molar-refractivity contribution is 0.0939. The van der Waals surface area contributed by atoms with E-state index < -0.39 is 0 Å². The molecule has 0 aliphatic rings. The molecule has 1 amide bonds. The Morgan fingerprint density at radius 3 is 2.55 bits per heavy atom. The highest BCUT2D eigenvalue weighted by molar-refractivity contribution is 5.93. The highest BCUT2D eigenvalue weighted by atomic mass is 16.1. The molecular formula is C25H31N3O. The molecule has 152 valence electrons. The number of aromatic nitrogens is 2. The zero-order valence-corrected chi connectivity index (χ0v) is 17.7. The number of aryl methyl sites for hydroxylation is 1. The molecular weight excluding hydrogens is 358 g/mol. The third-order valence-corrected chi connectivity index (χ3v) is 5.57. The van der Waals surface area contributed by atoms with Crippen LogP contribution in [-0.4, -0.2) is 22.0 Å². The first-order chi connectivity index (χ1) is 14.1. The highest BCUT2D eigenvalue weighted by Crippen LogP contribution is 2.24. The number of nitrogens with one attached hydrogen (secondary N) is 1. The van der Waals surface area contributed by atoms with Gasteiger partial charge in [-0.3, -0.25) is 9.36 Å². The fraction of sp³-hybridized carbons (Fsp3) is 0.360. The Bertz CT molecular complexity index is 927. The van der Waals surface area contributed by atoms with Crippen molar-refractivity contribution in [2.45, 2.75) is 46.5 Å². The van der Waals surface area contributed by atoms with E-state index in [1.807, 2.05) is 16.7 Å². The van der Waals surface area contributed by atoms with Crippen LogP contribution < -0.4 is 5.32 Å². The Balaban J connectivity index is 1.72. The molecule has 0 saturated heterocycles. The van der Waals surface area contributed by atoms with Crippen LogP contribution >= 0.6 is 0 Å². The van der Waals surface area contributed by atoms with E-state index in [1.54, 1.807) is 12.5 Å². The molecule has 4 heteroatoms. The van der Waals surface area contributed by atoms with Gasteiger partial charge in [0.15, 0.2) is 0 Å². The van der Waals surface area contributed by atoms with Crippen molar-refractivity contribution in [2.24, 2.45) is 5.92 Å². The summed E-state index contributed by atoms with van der Waals surface area (Å²) in [7, 11) is 0. The third-order valence-electron chi connectivity index (χ3n) is 5.57. The summed E-state index contributed by atoms with van der Waals surface area (Å²) in [6.07, 6.45) is 7.98. The molecule has 0 fully saturated rings. The predicted molar refractivity (Wildman–Crippen MR) is 119 cm³/mol. The molecule has 0 saturated carbocycles. The number of carbonyl (C=O) groups is 1. The Hall–Kier alpha value is -2.88. The molecule has 0 radical (unpaired) electrons. The fourth-order valence-electron chi connectivity index (χ4n) is 3.64. The summed E-state index contributed by atoms with van der Waals surface area (Å²) < 4.78 is 1.85. The predicted octanol–water partition coefficient (Wildman–Crippen LogP) is 5.79. The summed E-state index contributed by atoms with van der Waals surface area (Å²) in [4.78, 5) is 17.0. The molecule has 1 atom stereocenters. The van der Waals surface area contributed by atoms with Gasteiger partial charge in [-0.25, -0.2) is 4.98 Å². The van der Waals surface area contributed by atoms with E-state index >= 15 is 0 Å². The van der Waals surface area contributed by atoms with Crippen molar-refractivity contribution in [2.75, 3.05) is 6.54 Å². The molecule has 0 spiro atoms. The Morgan fingerprint density at radius 1 is 1.10 bits per heavy atom. The normalized spacial score (nSPS) is 12.0. The van der Waals surface area contributed by atoms with E-state index in [0.717, 1.165) is 18.5 Å². The van der Waals surface area contributed by atoms with Crippen LogP contribution in [0.2, 0.25) is 0 Å². The maximum atomic E-state index is 12.8. The van der Waals surface area contributed by atoms with Gasteiger partial charge in [-0.15, -0.1) is 0 Å². The minimum absolute atomic E-state index is 0.0690. The molecule has 29 heavy (non-hydrogen) atoms. The van der Waals surface area contributed by atoms with Crippen molar-refractivity contribution in [3.63, 3.8) is 0 Å². The van der Waals surface area contributed by atoms with Crippen molar-refractivity contribution in [1.82, 2.24) is 14.9 Å². The van der Waals surface area contributed by atoms with Gasteiger partial charge in [-0.05, 0) is 48.1 Å². The first-order valence-corrected chi connectivity index (χ1v) is 10.6. The monoisotopic (exact) mass is 389 g/mol. The first kappa shape index (κ1) is 20.8. The van der Waals surface area contributed by atoms with Crippen LogP contribution in [-0.2, 0) is 0 Å². The Kier molecular flexibility index (Phi) is 7.23. The number of hydrogen-bond donors (Lipinski definition) is 1. The van der Waals surface area contributed by atoms with E-state index in [9.17, 15) is 4.79 Å². The number of unbranched alkanes of at least 4 members (excludes halogenated alkanes) is 1. The van der Waals surface area contributed by atoms with Gasteiger partial charge in [0.05, 0.1) is 12.5 Å². The van der Waals surface area contributed by atoms with E-state index in [2.05, 4.69) is 67.5 Å². The molecule has 1 N–H and O–H groups in total. The second-order valence-corrected chi connectivity index (χ2v) is 7.64. The number of nitrogens with zero attached hydrogens (tertiary/aromatic N) is 2. The summed E-state index contributed by atoms with van der Waals surface area (Å²) >= 11 is 0. The molecule has 0 aliphatic heterocycles. The van der Waals surface area contributed by atoms with Crippen LogP contribution in [0.1, 0.15) is 55.6 Å². The molecule has 3 aromatic rings. The van der Waals surface area contributed by atoms with Crippen molar-refractivity contribution < 1.29 is 4.79 Å². The molecule has 3 rings (SSSR count). The summed E-state index contributed by atoms with van der Waals surface area (Å²) in [6, 6.07) is 16.6. The quantitative estimate of drug-likeness (QED) is 0.503. The second kappa shape index (κ2) is 10.1. The number of amides is 1. The molecule has 1 heterocycles. The van der Waals surface area contributed by atoms with Crippen LogP contribution in [0, 0.1) is 12.8 Å². The van der Waals surface area contributed by atoms with Gasteiger partial charge in [0.1, 0.15) is 5.69 Å². The topological polar surface area (TPSA) is 46.9 Å². The molecule has 0 unspecified atom stereocenters. The van der Waals surface area contributed by atoms with Crippen LogP contribution in [0.3, 0.4) is 0 Å². The van der Waals surface area contributed by atoms with Crippen molar-refractivity contribution in [3.8, 4) is 16.8 Å². The average molecular weight is 390 g/mol. The lowest BCUT2D eigenvalue weighted by atomic mass is 9.99. The van der Waals surface area contributed by atoms with E-state index in [0.29, 0.717) is 18.2 Å². The van der Waals surface area contributed by atoms with Gasteiger partial charge < -0.3 is 5.32 Å². The number of imidazole rings is 1. The van der Waals surface area contributed by atoms with Crippen molar-refractivity contribution >= 4 is 5.91 Å². The number of hydrogen-bond acceptors (Lipinski definition) is 2. The Morgan fingerprint density at radius 2 is 1.86 bits per heavy atom. The lowest BCUT2D eigenvalue weighted by Gasteiger charge is -2.16. The highest BCUT2D eigenvalue weighted by Gasteiger charge is 2.15. The summed E-state index contributed by atoms with van der Waals surface area (Å²) in [6.45, 7) is 7.22. The standard InChI is InChI=1S/C25H31N3O/c1-4-6-10-20(5-2)16-27-25(29)24-17-26-18-28(24)22-14-12-21(13-15-22)23-11-8-7-9-19(23)3/h7-9,11-15,17-18,20H,4-6,10,16H2,1-3H3,(H,27,29)/t20-/m1/s1. The lowest BCUT2D eigenvalue weighted by Crippen LogP contribution is -2.30. The molecule has 2 aromatic carbocycles. The second-order valence-electron chi connectivity index (χ2n) is 7.64. The summed E-state index contributed by atoms with van der Waals surface area (Å²) in [5.41, 5.74) is 5.14. The zero-order chi connectivity index (χ0) is 20.6. The van der Waals surface area contributed by atoms with Gasteiger partial charge >= 0.3 is 0 Å². The minimum atomic E-state index is -0.0690. The van der Waals surface area contributed by atoms with Gasteiger partial charge in [0.25, 0.3) is 5.91 Å². The van der Waals surface area contributed by atoms with Gasteiger partial charge in [-0.2, -0.15) is 0 Å². The number of carbonyl (C=O) groups excluding carboxylic acids is 1. The SMILES string of the molecule is CCCC[C@@H](CC)CNC(=O)c1cncn1-c1ccc(-c2ccccc2C)cc1. The van der Waals surface area contributed by atoms with Gasteiger partial charge in [0, 0.05) is 12.2 Å². The molecule has 4 nitrogen and oxygen atoms in total. The van der Waals surface area contributed by atoms with Crippen molar-refractivity contribution in [1.29, 1.82) is 0 Å². The largest absolute Gasteiger partial charge is 0.350 e. The average Bonchev–Trinajstić information content (AvgIpc) is 3.24. The maximum Gasteiger partial charge on any atom is 0.269 e. The molecule has 0 bridgehead atoms. The maximum absolute atomic E-state index is 12.8. The Labute approximate surface area is 174 Å². The smallest absolute Gasteiger partial charge is 0.269 e. The number of rotatable bonds is 9. The van der Waals surface area contributed by atoms with Crippen LogP contribution in [0.4, 0.5) is 0 Å². The fourth-order valence-corrected chi connectivity index (χ4v) is 3.64. The first-order valence-electron chi connectivity index (χ1n) is 10.6. The van der Waals surface area contributed by atoms with Gasteiger partial charge in [0.2, 0.25) is 0 Å². The molecule has 0 aliphatic carbocycles. The summed E-state index contributed by atoms with van der Waals surface area (Å²) in [5, 5.41) is 3.10. The van der Waals surface area contributed by atoms with Crippen LogP contribution in [0.5, 0.6) is 0 Å². The minimum Gasteiger partial charge on any atom is -0.350 e. The van der Waals surface area contributed by atoms with E-state index in [1.165, 1.54) is 29.5 Å². The zero-order valence-electron chi connectivity index (χ0n) is 17.7.